The van der Waals surface area contributed by atoms with Crippen molar-refractivity contribution in [1.29, 1.82) is 0 Å². The summed E-state index contributed by atoms with van der Waals surface area (Å²) < 4.78 is 7.61. The number of piperidine rings is 1. The average molecular weight is 429 g/mol. The maximum atomic E-state index is 12.7. The molecule has 7 heteroatoms. The van der Waals surface area contributed by atoms with Gasteiger partial charge in [0.15, 0.2) is 11.0 Å². The van der Waals surface area contributed by atoms with Crippen LogP contribution in [0.25, 0.3) is 11.4 Å². The van der Waals surface area contributed by atoms with Gasteiger partial charge in [-0.05, 0) is 62.3 Å². The van der Waals surface area contributed by atoms with Crippen LogP contribution in [0.15, 0.2) is 29.4 Å². The topological polar surface area (TPSA) is 60.3 Å². The van der Waals surface area contributed by atoms with E-state index in [4.69, 9.17) is 4.74 Å². The fraction of sp³-hybridized carbons (Fsp3) is 0.609. The molecule has 2 fully saturated rings. The first-order valence-corrected chi connectivity index (χ1v) is 12.2. The van der Waals surface area contributed by atoms with Gasteiger partial charge in [-0.3, -0.25) is 9.36 Å². The van der Waals surface area contributed by atoms with Gasteiger partial charge in [-0.2, -0.15) is 0 Å². The van der Waals surface area contributed by atoms with Crippen molar-refractivity contribution in [3.8, 4) is 17.1 Å². The molecular formula is C23H32N4O2S. The molecular weight excluding hydrogens is 396 g/mol. The fourth-order valence-corrected chi connectivity index (χ4v) is 5.55. The summed E-state index contributed by atoms with van der Waals surface area (Å²) in [5.41, 5.74) is 1.04. The highest BCUT2D eigenvalue weighted by molar-refractivity contribution is 7.99. The summed E-state index contributed by atoms with van der Waals surface area (Å²) in [6.45, 7) is 4.11. The van der Waals surface area contributed by atoms with Crippen LogP contribution in [-0.4, -0.2) is 51.5 Å². The van der Waals surface area contributed by atoms with Gasteiger partial charge in [0, 0.05) is 24.7 Å². The van der Waals surface area contributed by atoms with Crippen molar-refractivity contribution in [3.05, 3.63) is 24.3 Å². The van der Waals surface area contributed by atoms with Gasteiger partial charge in [-0.25, -0.2) is 0 Å². The Bertz CT molecular complexity index is 845. The van der Waals surface area contributed by atoms with Crippen molar-refractivity contribution in [1.82, 2.24) is 19.7 Å². The van der Waals surface area contributed by atoms with Crippen molar-refractivity contribution in [2.75, 3.05) is 26.0 Å². The molecule has 0 bridgehead atoms. The normalized spacial score (nSPS) is 22.1. The van der Waals surface area contributed by atoms with E-state index in [9.17, 15) is 4.79 Å². The van der Waals surface area contributed by atoms with Crippen LogP contribution < -0.4 is 4.74 Å². The van der Waals surface area contributed by atoms with E-state index < -0.39 is 0 Å². The van der Waals surface area contributed by atoms with Gasteiger partial charge in [-0.15, -0.1) is 10.2 Å². The third-order valence-corrected chi connectivity index (χ3v) is 7.37. The maximum Gasteiger partial charge on any atom is 0.233 e. The quantitative estimate of drug-likeness (QED) is 0.618. The summed E-state index contributed by atoms with van der Waals surface area (Å²) >= 11 is 1.54. The molecule has 2 heterocycles. The molecule has 1 aromatic heterocycles. The number of ether oxygens (including phenoxy) is 1. The lowest BCUT2D eigenvalue weighted by molar-refractivity contribution is -0.129. The van der Waals surface area contributed by atoms with Gasteiger partial charge in [0.2, 0.25) is 5.91 Å². The molecule has 2 aromatic rings. The second-order valence-corrected chi connectivity index (χ2v) is 9.41. The number of thioether (sulfide) groups is 1. The van der Waals surface area contributed by atoms with E-state index in [1.54, 1.807) is 18.9 Å². The predicted molar refractivity (Wildman–Crippen MR) is 120 cm³/mol. The fourth-order valence-electron chi connectivity index (χ4n) is 4.65. The lowest BCUT2D eigenvalue weighted by Crippen LogP contribution is -2.36. The van der Waals surface area contributed by atoms with Crippen molar-refractivity contribution in [2.45, 2.75) is 63.1 Å². The lowest BCUT2D eigenvalue weighted by Gasteiger charge is -2.31. The number of aromatic nitrogens is 3. The van der Waals surface area contributed by atoms with Crippen molar-refractivity contribution in [2.24, 2.45) is 5.92 Å². The highest BCUT2D eigenvalue weighted by atomic mass is 32.2. The van der Waals surface area contributed by atoms with Gasteiger partial charge < -0.3 is 9.64 Å². The third-order valence-electron chi connectivity index (χ3n) is 6.44. The van der Waals surface area contributed by atoms with Crippen LogP contribution in [0.1, 0.15) is 57.9 Å². The van der Waals surface area contributed by atoms with Crippen LogP contribution in [0.3, 0.4) is 0 Å². The van der Waals surface area contributed by atoms with E-state index >= 15 is 0 Å². The van der Waals surface area contributed by atoms with E-state index in [0.717, 1.165) is 54.6 Å². The molecule has 1 saturated heterocycles. The third kappa shape index (κ3) is 4.66. The Kier molecular flexibility index (Phi) is 6.97. The molecule has 2 atom stereocenters. The molecule has 1 aromatic carbocycles. The molecule has 2 aliphatic rings. The lowest BCUT2D eigenvalue weighted by atomic mass is 9.85. The van der Waals surface area contributed by atoms with Gasteiger partial charge in [0.25, 0.3) is 0 Å². The van der Waals surface area contributed by atoms with Crippen LogP contribution in [0, 0.1) is 5.92 Å². The molecule has 162 valence electrons. The predicted octanol–water partition coefficient (Wildman–Crippen LogP) is 4.81. The molecule has 6 nitrogen and oxygen atoms in total. The second-order valence-electron chi connectivity index (χ2n) is 8.46. The average Bonchev–Trinajstić information content (AvgIpc) is 3.22. The van der Waals surface area contributed by atoms with E-state index in [-0.39, 0.29) is 5.91 Å². The summed E-state index contributed by atoms with van der Waals surface area (Å²) in [4.78, 5) is 14.7. The molecule has 30 heavy (non-hydrogen) atoms. The minimum atomic E-state index is 0.219. The molecule has 0 unspecified atom stereocenters. The summed E-state index contributed by atoms with van der Waals surface area (Å²) in [7, 11) is 1.68. The number of hydrogen-bond acceptors (Lipinski definition) is 5. The number of benzene rings is 1. The van der Waals surface area contributed by atoms with Crippen LogP contribution >= 0.6 is 11.8 Å². The Balaban J connectivity index is 1.59. The minimum absolute atomic E-state index is 0.219. The van der Waals surface area contributed by atoms with Gasteiger partial charge in [0.05, 0.1) is 12.9 Å². The highest BCUT2D eigenvalue weighted by Gasteiger charge is 2.29. The Morgan fingerprint density at radius 2 is 1.80 bits per heavy atom. The van der Waals surface area contributed by atoms with E-state index in [0.29, 0.717) is 17.7 Å². The van der Waals surface area contributed by atoms with E-state index in [1.165, 1.54) is 25.7 Å². The van der Waals surface area contributed by atoms with Gasteiger partial charge in [0.1, 0.15) is 5.75 Å². The van der Waals surface area contributed by atoms with Crippen LogP contribution in [0.2, 0.25) is 0 Å². The van der Waals surface area contributed by atoms with Crippen molar-refractivity contribution < 1.29 is 9.53 Å². The molecule has 1 saturated carbocycles. The summed E-state index contributed by atoms with van der Waals surface area (Å²) in [6, 6.07) is 8.38. The zero-order valence-corrected chi connectivity index (χ0v) is 18.9. The SMILES string of the molecule is COc1ccc(-c2nnc(SCC(=O)N3CCCCC3)n2[C@H]2CCCC[C@H]2C)cc1. The number of carbonyl (C=O) groups is 1. The molecule has 0 spiro atoms. The smallest absolute Gasteiger partial charge is 0.233 e. The Hall–Kier alpha value is -2.02. The Labute approximate surface area is 183 Å². The first-order valence-electron chi connectivity index (χ1n) is 11.2. The number of likely N-dealkylation sites (tertiary alicyclic amines) is 1. The first kappa shape index (κ1) is 21.2. The maximum absolute atomic E-state index is 12.7. The van der Waals surface area contributed by atoms with Crippen molar-refractivity contribution >= 4 is 17.7 Å². The van der Waals surface area contributed by atoms with Crippen molar-refractivity contribution in [3.63, 3.8) is 0 Å². The van der Waals surface area contributed by atoms with Crippen LogP contribution in [-0.2, 0) is 4.79 Å². The first-order chi connectivity index (χ1) is 14.7. The van der Waals surface area contributed by atoms with E-state index in [1.807, 2.05) is 29.2 Å². The number of amides is 1. The van der Waals surface area contributed by atoms with E-state index in [2.05, 4.69) is 21.7 Å². The summed E-state index contributed by atoms with van der Waals surface area (Å²) in [5, 5.41) is 9.97. The Morgan fingerprint density at radius 1 is 1.07 bits per heavy atom. The second kappa shape index (κ2) is 9.86. The number of carbonyl (C=O) groups excluding carboxylic acids is 1. The monoisotopic (exact) mass is 428 g/mol. The molecule has 1 aliphatic heterocycles. The molecule has 1 amide bonds. The molecule has 0 radical (unpaired) electrons. The standard InChI is InChI=1S/C23H32N4O2S/c1-17-8-4-5-9-20(17)27-22(18-10-12-19(29-2)13-11-18)24-25-23(27)30-16-21(28)26-14-6-3-7-15-26/h10-13,17,20H,3-9,14-16H2,1-2H3/t17-,20+/m1/s1. The zero-order chi connectivity index (χ0) is 20.9. The largest absolute Gasteiger partial charge is 0.497 e. The number of rotatable bonds is 6. The summed E-state index contributed by atoms with van der Waals surface area (Å²) in [5.74, 6) is 2.95. The number of nitrogens with zero attached hydrogens (tertiary/aromatic N) is 4. The van der Waals surface area contributed by atoms with Gasteiger partial charge >= 0.3 is 0 Å². The molecule has 0 N–H and O–H groups in total. The van der Waals surface area contributed by atoms with Crippen LogP contribution in [0.4, 0.5) is 0 Å². The highest BCUT2D eigenvalue weighted by Crippen LogP contribution is 2.39. The van der Waals surface area contributed by atoms with Gasteiger partial charge in [-0.1, -0.05) is 31.5 Å². The number of hydrogen-bond donors (Lipinski definition) is 0. The summed E-state index contributed by atoms with van der Waals surface area (Å²) in [6.07, 6.45) is 8.34. The van der Waals surface area contributed by atoms with Crippen LogP contribution in [0.5, 0.6) is 5.75 Å². The molecule has 4 rings (SSSR count). The number of methoxy groups -OCH3 is 1. The Morgan fingerprint density at radius 3 is 2.50 bits per heavy atom. The molecule has 1 aliphatic carbocycles. The zero-order valence-electron chi connectivity index (χ0n) is 18.0. The minimum Gasteiger partial charge on any atom is -0.497 e.